The van der Waals surface area contributed by atoms with Gasteiger partial charge in [-0.1, -0.05) is 102 Å². The van der Waals surface area contributed by atoms with E-state index in [0.717, 1.165) is 6.42 Å². The van der Waals surface area contributed by atoms with Crippen molar-refractivity contribution in [1.29, 1.82) is 0 Å². The Kier molecular flexibility index (Phi) is 10.7. The molecule has 34 heavy (non-hydrogen) atoms. The molecule has 0 fully saturated rings. The first kappa shape index (κ1) is 33.6. The second kappa shape index (κ2) is 10.9. The molecule has 1 N–H and O–H groups in total. The van der Waals surface area contributed by atoms with E-state index in [-0.39, 0.29) is 39.6 Å². The van der Waals surface area contributed by atoms with E-state index in [1.54, 1.807) is 0 Å². The maximum Gasteiger partial charge on any atom is 0.311 e. The fourth-order valence-corrected chi connectivity index (χ4v) is 7.61. The summed E-state index contributed by atoms with van der Waals surface area (Å²) >= 11 is 0. The molecule has 1 unspecified atom stereocenters. The number of amides is 1. The molecule has 0 aromatic heterocycles. The number of carbonyl (C=O) groups excluding carboxylic acids is 2. The minimum Gasteiger partial charge on any atom is -0.518 e. The Hall–Kier alpha value is -0.449. The fraction of sp³-hybridized carbons (Fsp3) is 0.923. The molecule has 0 aromatic rings. The van der Waals surface area contributed by atoms with Crippen LogP contribution in [0.4, 0.5) is 0 Å². The lowest BCUT2D eigenvalue weighted by molar-refractivity contribution is -0.141. The molecule has 0 rings (SSSR count). The molecule has 0 heterocycles. The van der Waals surface area contributed by atoms with Crippen molar-refractivity contribution in [3.8, 4) is 0 Å². The molecule has 0 radical (unpaired) electrons. The van der Waals surface area contributed by atoms with Crippen LogP contribution < -0.4 is 4.98 Å². The van der Waals surface area contributed by atoms with Crippen LogP contribution in [0.3, 0.4) is 0 Å². The molecule has 0 spiro atoms. The number of carbonyl (C=O) groups is 2. The molecule has 0 saturated carbocycles. The van der Waals surface area contributed by atoms with Crippen LogP contribution >= 0.6 is 0 Å². The van der Waals surface area contributed by atoms with Crippen molar-refractivity contribution in [1.82, 2.24) is 9.55 Å². The van der Waals surface area contributed by atoms with E-state index >= 15 is 0 Å². The second-order valence-corrected chi connectivity index (χ2v) is 30.1. The van der Waals surface area contributed by atoms with E-state index in [1.165, 1.54) is 0 Å². The van der Waals surface area contributed by atoms with Gasteiger partial charge in [0, 0.05) is 0 Å². The maximum absolute atomic E-state index is 14.3. The highest BCUT2D eigenvalue weighted by Gasteiger charge is 2.48. The molecule has 1 atom stereocenters. The molecule has 202 valence electrons. The first-order valence-electron chi connectivity index (χ1n) is 13.0. The van der Waals surface area contributed by atoms with Gasteiger partial charge < -0.3 is 14.0 Å². The average Bonchev–Trinajstić information content (AvgIpc) is 2.54. The molecule has 0 aliphatic rings. The lowest BCUT2D eigenvalue weighted by atomic mass is 10.0. The van der Waals surface area contributed by atoms with Gasteiger partial charge in [-0.3, -0.25) is 9.59 Å². The zero-order chi connectivity index (χ0) is 27.7. The summed E-state index contributed by atoms with van der Waals surface area (Å²) in [7, 11) is -6.56. The van der Waals surface area contributed by atoms with Crippen LogP contribution in [0.5, 0.6) is 0 Å². The Morgan fingerprint density at radius 3 is 1.56 bits per heavy atom. The van der Waals surface area contributed by atoms with Crippen LogP contribution in [-0.2, 0) is 14.0 Å². The summed E-state index contributed by atoms with van der Waals surface area (Å²) in [5, 5.41) is -0.0522. The summed E-state index contributed by atoms with van der Waals surface area (Å²) in [4.78, 5) is 31.5. The molecular formula is C26H58N2O3Si3. The summed E-state index contributed by atoms with van der Waals surface area (Å²) < 4.78 is 8.06. The van der Waals surface area contributed by atoms with Crippen LogP contribution in [0.25, 0.3) is 0 Å². The lowest BCUT2D eigenvalue weighted by Gasteiger charge is -2.48. The Morgan fingerprint density at radius 1 is 0.794 bits per heavy atom. The van der Waals surface area contributed by atoms with Gasteiger partial charge in [0.25, 0.3) is 8.32 Å². The van der Waals surface area contributed by atoms with Crippen molar-refractivity contribution >= 4 is 36.7 Å². The highest BCUT2D eigenvalue weighted by Crippen LogP contribution is 2.40. The van der Waals surface area contributed by atoms with E-state index < -0.39 is 24.8 Å². The Morgan fingerprint density at radius 2 is 1.24 bits per heavy atom. The van der Waals surface area contributed by atoms with Crippen LogP contribution in [-0.4, -0.2) is 53.8 Å². The van der Waals surface area contributed by atoms with E-state index in [0.29, 0.717) is 5.92 Å². The standard InChI is InChI=1S/C26H58N2O3Si3/c1-20(2)18-21(27-32(12,13)24(3,4)5)23(30)28(33(14,15)25(6,7)8)19-22(29)31-34(16,17)26(9,10)11/h20-21,27H,18-19H2,1-17H3. The van der Waals surface area contributed by atoms with Crippen molar-refractivity contribution in [3.05, 3.63) is 0 Å². The first-order valence-corrected chi connectivity index (χ1v) is 21.8. The molecule has 0 saturated heterocycles. The van der Waals surface area contributed by atoms with Gasteiger partial charge in [0.2, 0.25) is 5.91 Å². The van der Waals surface area contributed by atoms with E-state index in [1.807, 2.05) is 4.57 Å². The van der Waals surface area contributed by atoms with Crippen LogP contribution in [0.15, 0.2) is 0 Å². The predicted octanol–water partition coefficient (Wildman–Crippen LogP) is 7.38. The molecular weight excluding hydrogens is 473 g/mol. The number of hydrogen-bond acceptors (Lipinski definition) is 4. The van der Waals surface area contributed by atoms with E-state index in [2.05, 4.69) is 120 Å². The van der Waals surface area contributed by atoms with Gasteiger partial charge in [-0.15, -0.1) is 0 Å². The highest BCUT2D eigenvalue weighted by molar-refractivity contribution is 6.80. The SMILES string of the molecule is CC(C)CC(N[Si](C)(C)C(C)(C)C)C(=O)N(CC(=O)O[Si](C)(C)C(C)(C)C)[Si](C)(C)C(C)(C)C. The maximum atomic E-state index is 14.3. The minimum atomic E-state index is -2.34. The Balaban J connectivity index is 6.35. The van der Waals surface area contributed by atoms with Gasteiger partial charge >= 0.3 is 5.97 Å². The number of hydrogen-bond donors (Lipinski definition) is 1. The number of nitrogens with one attached hydrogen (secondary N) is 1. The fourth-order valence-electron chi connectivity index (χ4n) is 3.09. The van der Waals surface area contributed by atoms with Crippen molar-refractivity contribution in [2.45, 2.75) is 143 Å². The number of rotatable bonds is 9. The minimum absolute atomic E-state index is 0.0373. The van der Waals surface area contributed by atoms with Crippen LogP contribution in [0.1, 0.15) is 82.6 Å². The molecule has 5 nitrogen and oxygen atoms in total. The van der Waals surface area contributed by atoms with Crippen molar-refractivity contribution in [2.75, 3.05) is 6.54 Å². The molecule has 1 amide bonds. The van der Waals surface area contributed by atoms with E-state index in [4.69, 9.17) is 4.43 Å². The Bertz CT molecular complexity index is 712. The Labute approximate surface area is 215 Å². The van der Waals surface area contributed by atoms with Gasteiger partial charge in [-0.05, 0) is 40.5 Å². The summed E-state index contributed by atoms with van der Waals surface area (Å²) in [5.41, 5.74) is 0. The highest BCUT2D eigenvalue weighted by atomic mass is 28.4. The smallest absolute Gasteiger partial charge is 0.311 e. The third kappa shape index (κ3) is 8.59. The zero-order valence-electron chi connectivity index (χ0n) is 25.7. The largest absolute Gasteiger partial charge is 0.518 e. The second-order valence-electron chi connectivity index (χ2n) is 15.2. The van der Waals surface area contributed by atoms with Crippen molar-refractivity contribution in [2.24, 2.45) is 5.92 Å². The van der Waals surface area contributed by atoms with E-state index in [9.17, 15) is 9.59 Å². The normalized spacial score (nSPS) is 15.4. The topological polar surface area (TPSA) is 58.6 Å². The van der Waals surface area contributed by atoms with Gasteiger partial charge in [0.05, 0.1) is 6.04 Å². The van der Waals surface area contributed by atoms with Gasteiger partial charge in [0.1, 0.15) is 14.8 Å². The summed E-state index contributed by atoms with van der Waals surface area (Å²) in [6.45, 7) is 37.3. The predicted molar refractivity (Wildman–Crippen MR) is 156 cm³/mol. The summed E-state index contributed by atoms with van der Waals surface area (Å²) in [6.07, 6.45) is 0.758. The monoisotopic (exact) mass is 530 g/mol. The van der Waals surface area contributed by atoms with Gasteiger partial charge in [-0.25, -0.2) is 0 Å². The molecule has 0 aliphatic carbocycles. The van der Waals surface area contributed by atoms with Gasteiger partial charge in [-0.2, -0.15) is 0 Å². The quantitative estimate of drug-likeness (QED) is 0.316. The van der Waals surface area contributed by atoms with Crippen molar-refractivity contribution in [3.63, 3.8) is 0 Å². The molecule has 0 aromatic carbocycles. The van der Waals surface area contributed by atoms with Gasteiger partial charge in [0.15, 0.2) is 8.24 Å². The van der Waals surface area contributed by atoms with Crippen molar-refractivity contribution < 1.29 is 14.0 Å². The van der Waals surface area contributed by atoms with Crippen LogP contribution in [0, 0.1) is 5.92 Å². The van der Waals surface area contributed by atoms with Crippen LogP contribution in [0.2, 0.25) is 54.4 Å². The third-order valence-electron chi connectivity index (χ3n) is 8.65. The summed E-state index contributed by atoms with van der Waals surface area (Å²) in [5.74, 6) is 0.171. The summed E-state index contributed by atoms with van der Waals surface area (Å²) in [6, 6.07) is -0.296. The lowest BCUT2D eigenvalue weighted by Crippen LogP contribution is -2.66. The average molecular weight is 531 g/mol. The first-order chi connectivity index (χ1) is 14.7. The number of nitrogens with zero attached hydrogens (tertiary/aromatic N) is 1. The molecule has 0 bridgehead atoms. The zero-order valence-corrected chi connectivity index (χ0v) is 28.7. The molecule has 0 aliphatic heterocycles. The molecule has 8 heteroatoms. The third-order valence-corrected chi connectivity index (χ3v) is 23.2.